The van der Waals surface area contributed by atoms with Crippen molar-refractivity contribution in [1.82, 2.24) is 25.3 Å². The highest BCUT2D eigenvalue weighted by Gasteiger charge is 2.13. The number of para-hydroxylation sites is 2. The molecule has 0 aliphatic carbocycles. The number of benzene rings is 2. The summed E-state index contributed by atoms with van der Waals surface area (Å²) in [4.78, 5) is 27.8. The van der Waals surface area contributed by atoms with Crippen LogP contribution >= 0.6 is 0 Å². The quantitative estimate of drug-likeness (QED) is 0.520. The van der Waals surface area contributed by atoms with Gasteiger partial charge in [-0.05, 0) is 17.7 Å². The fourth-order valence-corrected chi connectivity index (χ4v) is 2.80. The van der Waals surface area contributed by atoms with Gasteiger partial charge in [-0.1, -0.05) is 36.4 Å². The molecule has 2 aromatic carbocycles. The molecule has 4 N–H and O–H groups in total. The lowest BCUT2D eigenvalue weighted by Crippen LogP contribution is -2.18. The summed E-state index contributed by atoms with van der Waals surface area (Å²) < 4.78 is 0. The predicted molar refractivity (Wildman–Crippen MR) is 104 cm³/mol. The van der Waals surface area contributed by atoms with Crippen LogP contribution in [0.1, 0.15) is 12.5 Å². The second-order valence-electron chi connectivity index (χ2n) is 6.20. The summed E-state index contributed by atoms with van der Waals surface area (Å²) in [5.74, 6) is 0.851. The van der Waals surface area contributed by atoms with Crippen LogP contribution in [0.4, 0.5) is 5.82 Å². The third-order valence-corrected chi connectivity index (χ3v) is 4.21. The minimum atomic E-state index is -0.0565. The topological polar surface area (TPSA) is 110 Å². The first-order chi connectivity index (χ1) is 13.1. The van der Waals surface area contributed by atoms with Gasteiger partial charge in [-0.3, -0.25) is 4.79 Å². The van der Waals surface area contributed by atoms with Crippen LogP contribution in [0.25, 0.3) is 33.8 Å². The second-order valence-corrected chi connectivity index (χ2v) is 6.20. The Labute approximate surface area is 155 Å². The van der Waals surface area contributed by atoms with Crippen molar-refractivity contribution in [3.8, 4) is 22.8 Å². The van der Waals surface area contributed by atoms with Crippen molar-refractivity contribution in [2.24, 2.45) is 0 Å². The average molecular weight is 358 g/mol. The molecule has 4 rings (SSSR count). The number of fused-ring (bicyclic) bond motifs is 1. The van der Waals surface area contributed by atoms with Gasteiger partial charge < -0.3 is 16.0 Å². The maximum atomic E-state index is 11.0. The van der Waals surface area contributed by atoms with Gasteiger partial charge in [0.2, 0.25) is 5.91 Å². The van der Waals surface area contributed by atoms with Gasteiger partial charge in [0, 0.05) is 19.0 Å². The van der Waals surface area contributed by atoms with Crippen molar-refractivity contribution in [3.63, 3.8) is 0 Å². The normalized spacial score (nSPS) is 10.9. The van der Waals surface area contributed by atoms with Crippen molar-refractivity contribution in [1.29, 1.82) is 0 Å². The van der Waals surface area contributed by atoms with Gasteiger partial charge in [-0.25, -0.2) is 15.0 Å². The number of carbonyl (C=O) groups excluding carboxylic acids is 1. The van der Waals surface area contributed by atoms with Crippen LogP contribution in [-0.2, 0) is 11.3 Å². The summed E-state index contributed by atoms with van der Waals surface area (Å²) in [6, 6.07) is 15.5. The molecule has 0 saturated carbocycles. The van der Waals surface area contributed by atoms with E-state index >= 15 is 0 Å². The molecule has 7 nitrogen and oxygen atoms in total. The zero-order valence-corrected chi connectivity index (χ0v) is 14.7. The lowest BCUT2D eigenvalue weighted by Gasteiger charge is -2.07. The maximum absolute atomic E-state index is 11.0. The van der Waals surface area contributed by atoms with E-state index in [0.717, 1.165) is 22.2 Å². The molecule has 134 valence electrons. The SMILES string of the molecule is CC(=O)NCc1ccc(-c2cnc(N)c(-c3nc4ccccc4[nH]3)n2)cc1. The number of anilines is 1. The lowest BCUT2D eigenvalue weighted by molar-refractivity contribution is -0.119. The van der Waals surface area contributed by atoms with Crippen molar-refractivity contribution in [3.05, 3.63) is 60.3 Å². The molecule has 0 fully saturated rings. The summed E-state index contributed by atoms with van der Waals surface area (Å²) in [5.41, 5.74) is 10.9. The molecule has 1 amide bonds. The molecule has 0 saturated heterocycles. The van der Waals surface area contributed by atoms with Crippen LogP contribution in [0.15, 0.2) is 54.7 Å². The molecular weight excluding hydrogens is 340 g/mol. The Morgan fingerprint density at radius 1 is 1.11 bits per heavy atom. The van der Waals surface area contributed by atoms with Crippen LogP contribution in [0.3, 0.4) is 0 Å². The molecule has 0 atom stereocenters. The minimum Gasteiger partial charge on any atom is -0.382 e. The number of imidazole rings is 1. The van der Waals surface area contributed by atoms with Gasteiger partial charge in [0.15, 0.2) is 11.6 Å². The smallest absolute Gasteiger partial charge is 0.217 e. The summed E-state index contributed by atoms with van der Waals surface area (Å²) in [5, 5.41) is 2.78. The number of H-pyrrole nitrogens is 1. The van der Waals surface area contributed by atoms with Gasteiger partial charge in [0.05, 0.1) is 22.9 Å². The number of nitrogens with zero attached hydrogens (tertiary/aromatic N) is 3. The number of aromatic nitrogens is 4. The zero-order valence-electron chi connectivity index (χ0n) is 14.7. The standard InChI is InChI=1S/C20H18N6O/c1-12(27)22-10-13-6-8-14(9-7-13)17-11-23-19(21)18(24-17)20-25-15-4-2-3-5-16(15)26-20/h2-9,11H,10H2,1H3,(H2,21,23)(H,22,27)(H,25,26). The van der Waals surface area contributed by atoms with Crippen LogP contribution in [0.2, 0.25) is 0 Å². The Hall–Kier alpha value is -3.74. The number of amides is 1. The largest absolute Gasteiger partial charge is 0.382 e. The van der Waals surface area contributed by atoms with Crippen molar-refractivity contribution < 1.29 is 4.79 Å². The van der Waals surface area contributed by atoms with Crippen molar-refractivity contribution >= 4 is 22.8 Å². The third kappa shape index (κ3) is 3.48. The predicted octanol–water partition coefficient (Wildman–Crippen LogP) is 2.91. The summed E-state index contributed by atoms with van der Waals surface area (Å²) in [6.07, 6.45) is 1.64. The molecule has 4 aromatic rings. The Morgan fingerprint density at radius 2 is 1.89 bits per heavy atom. The summed E-state index contributed by atoms with van der Waals surface area (Å²) >= 11 is 0. The number of aromatic amines is 1. The van der Waals surface area contributed by atoms with E-state index in [0.29, 0.717) is 29.6 Å². The molecule has 0 radical (unpaired) electrons. The number of carbonyl (C=O) groups is 1. The first-order valence-electron chi connectivity index (χ1n) is 8.51. The summed E-state index contributed by atoms with van der Waals surface area (Å²) in [6.45, 7) is 1.99. The molecule has 0 spiro atoms. The van der Waals surface area contributed by atoms with E-state index in [2.05, 4.69) is 25.3 Å². The number of nitrogens with one attached hydrogen (secondary N) is 2. The first-order valence-corrected chi connectivity index (χ1v) is 8.51. The van der Waals surface area contributed by atoms with Crippen molar-refractivity contribution in [2.45, 2.75) is 13.5 Å². The number of rotatable bonds is 4. The Morgan fingerprint density at radius 3 is 2.63 bits per heavy atom. The van der Waals surface area contributed by atoms with Gasteiger partial charge >= 0.3 is 0 Å². The molecule has 2 heterocycles. The average Bonchev–Trinajstić information content (AvgIpc) is 3.11. The van der Waals surface area contributed by atoms with E-state index in [1.54, 1.807) is 6.20 Å². The van der Waals surface area contributed by atoms with Crippen molar-refractivity contribution in [2.75, 3.05) is 5.73 Å². The minimum absolute atomic E-state index is 0.0565. The van der Waals surface area contributed by atoms with Crippen LogP contribution in [-0.4, -0.2) is 25.8 Å². The van der Waals surface area contributed by atoms with Gasteiger partial charge in [-0.2, -0.15) is 0 Å². The van der Waals surface area contributed by atoms with Crippen LogP contribution in [0.5, 0.6) is 0 Å². The number of hydrogen-bond acceptors (Lipinski definition) is 5. The molecule has 7 heteroatoms. The Kier molecular flexibility index (Phi) is 4.25. The third-order valence-electron chi connectivity index (χ3n) is 4.21. The molecule has 0 aliphatic heterocycles. The van der Waals surface area contributed by atoms with E-state index in [1.165, 1.54) is 6.92 Å². The molecule has 0 aliphatic rings. The van der Waals surface area contributed by atoms with E-state index < -0.39 is 0 Å². The number of nitrogen functional groups attached to an aromatic ring is 1. The maximum Gasteiger partial charge on any atom is 0.217 e. The van der Waals surface area contributed by atoms with Gasteiger partial charge in [-0.15, -0.1) is 0 Å². The van der Waals surface area contributed by atoms with Crippen LogP contribution < -0.4 is 11.1 Å². The molecule has 27 heavy (non-hydrogen) atoms. The van der Waals surface area contributed by atoms with E-state index in [1.807, 2.05) is 48.5 Å². The first kappa shape index (κ1) is 16.7. The number of nitrogens with two attached hydrogens (primary N) is 1. The highest BCUT2D eigenvalue weighted by atomic mass is 16.1. The lowest BCUT2D eigenvalue weighted by atomic mass is 10.1. The van der Waals surface area contributed by atoms with E-state index in [9.17, 15) is 4.79 Å². The second kappa shape index (κ2) is 6.87. The van der Waals surface area contributed by atoms with Crippen LogP contribution in [0, 0.1) is 0 Å². The fourth-order valence-electron chi connectivity index (χ4n) is 2.80. The Bertz CT molecular complexity index is 1080. The molecular formula is C20H18N6O. The highest BCUT2D eigenvalue weighted by Crippen LogP contribution is 2.26. The number of hydrogen-bond donors (Lipinski definition) is 3. The van der Waals surface area contributed by atoms with Gasteiger partial charge in [0.25, 0.3) is 0 Å². The zero-order chi connectivity index (χ0) is 18.8. The summed E-state index contributed by atoms with van der Waals surface area (Å²) in [7, 11) is 0. The van der Waals surface area contributed by atoms with E-state index in [4.69, 9.17) is 5.73 Å². The fraction of sp³-hybridized carbons (Fsp3) is 0.100. The monoisotopic (exact) mass is 358 g/mol. The Balaban J connectivity index is 1.66. The molecule has 0 unspecified atom stereocenters. The molecule has 2 aromatic heterocycles. The van der Waals surface area contributed by atoms with Gasteiger partial charge in [0.1, 0.15) is 5.69 Å². The van der Waals surface area contributed by atoms with E-state index in [-0.39, 0.29) is 5.91 Å². The molecule has 0 bridgehead atoms. The highest BCUT2D eigenvalue weighted by molar-refractivity contribution is 5.81.